The molecule has 0 aromatic heterocycles. The van der Waals surface area contributed by atoms with Crippen LogP contribution in [-0.2, 0) is 6.54 Å². The van der Waals surface area contributed by atoms with Crippen molar-refractivity contribution < 1.29 is 23.0 Å². The SMILES string of the molecule is C[C@H](CO)NCc1cccc(OC(F)(F)F)c1. The minimum Gasteiger partial charge on any atom is -0.406 e. The van der Waals surface area contributed by atoms with Crippen molar-refractivity contribution in [1.29, 1.82) is 0 Å². The highest BCUT2D eigenvalue weighted by atomic mass is 19.4. The highest BCUT2D eigenvalue weighted by Gasteiger charge is 2.31. The Labute approximate surface area is 97.2 Å². The van der Waals surface area contributed by atoms with Gasteiger partial charge in [0, 0.05) is 12.6 Å². The largest absolute Gasteiger partial charge is 0.573 e. The van der Waals surface area contributed by atoms with Gasteiger partial charge in [-0.25, -0.2) is 0 Å². The second kappa shape index (κ2) is 5.88. The van der Waals surface area contributed by atoms with Gasteiger partial charge < -0.3 is 15.2 Å². The molecule has 0 spiro atoms. The molecule has 0 bridgehead atoms. The van der Waals surface area contributed by atoms with E-state index in [0.29, 0.717) is 12.1 Å². The number of hydrogen-bond acceptors (Lipinski definition) is 3. The van der Waals surface area contributed by atoms with E-state index >= 15 is 0 Å². The molecule has 0 saturated carbocycles. The van der Waals surface area contributed by atoms with Crippen LogP contribution in [0.4, 0.5) is 13.2 Å². The Balaban J connectivity index is 2.60. The van der Waals surface area contributed by atoms with Crippen LogP contribution in [0.1, 0.15) is 12.5 Å². The average molecular weight is 249 g/mol. The second-order valence-corrected chi connectivity index (χ2v) is 3.66. The summed E-state index contributed by atoms with van der Waals surface area (Å²) in [5.74, 6) is -0.242. The maximum atomic E-state index is 12.0. The normalized spacial score (nSPS) is 13.5. The molecule has 1 atom stereocenters. The number of alkyl halides is 3. The summed E-state index contributed by atoms with van der Waals surface area (Å²) in [5, 5.41) is 11.7. The summed E-state index contributed by atoms with van der Waals surface area (Å²) in [7, 11) is 0. The lowest BCUT2D eigenvalue weighted by Crippen LogP contribution is -2.28. The first kappa shape index (κ1) is 13.8. The number of halogens is 3. The van der Waals surface area contributed by atoms with Gasteiger partial charge in [0.25, 0.3) is 0 Å². The van der Waals surface area contributed by atoms with Crippen LogP contribution in [0.25, 0.3) is 0 Å². The molecule has 2 N–H and O–H groups in total. The van der Waals surface area contributed by atoms with Crippen molar-refractivity contribution in [2.75, 3.05) is 6.61 Å². The highest BCUT2D eigenvalue weighted by molar-refractivity contribution is 5.28. The zero-order valence-electron chi connectivity index (χ0n) is 9.29. The van der Waals surface area contributed by atoms with Gasteiger partial charge in [0.2, 0.25) is 0 Å². The fourth-order valence-electron chi connectivity index (χ4n) is 1.21. The van der Waals surface area contributed by atoms with Crippen LogP contribution in [-0.4, -0.2) is 24.1 Å². The van der Waals surface area contributed by atoms with Gasteiger partial charge in [0.05, 0.1) is 6.61 Å². The van der Waals surface area contributed by atoms with Crippen LogP contribution in [0.2, 0.25) is 0 Å². The minimum absolute atomic E-state index is 0.0290. The fourth-order valence-corrected chi connectivity index (χ4v) is 1.21. The first-order valence-electron chi connectivity index (χ1n) is 5.09. The summed E-state index contributed by atoms with van der Waals surface area (Å²) < 4.78 is 39.7. The maximum Gasteiger partial charge on any atom is 0.573 e. The highest BCUT2D eigenvalue weighted by Crippen LogP contribution is 2.23. The van der Waals surface area contributed by atoms with Crippen LogP contribution < -0.4 is 10.1 Å². The molecule has 0 heterocycles. The molecule has 0 aliphatic rings. The summed E-state index contributed by atoms with van der Waals surface area (Å²) >= 11 is 0. The zero-order valence-corrected chi connectivity index (χ0v) is 9.29. The predicted octanol–water partition coefficient (Wildman–Crippen LogP) is 2.06. The van der Waals surface area contributed by atoms with E-state index in [2.05, 4.69) is 10.1 Å². The van der Waals surface area contributed by atoms with Gasteiger partial charge >= 0.3 is 6.36 Å². The molecule has 1 aromatic rings. The van der Waals surface area contributed by atoms with Gasteiger partial charge in [-0.15, -0.1) is 13.2 Å². The lowest BCUT2D eigenvalue weighted by atomic mass is 10.2. The van der Waals surface area contributed by atoms with Crippen LogP contribution >= 0.6 is 0 Å². The van der Waals surface area contributed by atoms with Crippen molar-refractivity contribution in [1.82, 2.24) is 5.32 Å². The van der Waals surface area contributed by atoms with E-state index in [4.69, 9.17) is 5.11 Å². The van der Waals surface area contributed by atoms with Crippen molar-refractivity contribution in [2.24, 2.45) is 0 Å². The molecule has 0 aliphatic carbocycles. The summed E-state index contributed by atoms with van der Waals surface area (Å²) in [6.45, 7) is 2.12. The summed E-state index contributed by atoms with van der Waals surface area (Å²) in [5.41, 5.74) is 0.659. The number of rotatable bonds is 5. The van der Waals surface area contributed by atoms with Crippen LogP contribution in [0.5, 0.6) is 5.75 Å². The second-order valence-electron chi connectivity index (χ2n) is 3.66. The molecule has 0 saturated heterocycles. The zero-order chi connectivity index (χ0) is 12.9. The van der Waals surface area contributed by atoms with Crippen molar-refractivity contribution in [3.63, 3.8) is 0 Å². The molecule has 1 aromatic carbocycles. The van der Waals surface area contributed by atoms with Crippen molar-refractivity contribution >= 4 is 0 Å². The van der Waals surface area contributed by atoms with Crippen LogP contribution in [0, 0.1) is 0 Å². The Kier molecular flexibility index (Phi) is 4.77. The molecule has 0 amide bonds. The lowest BCUT2D eigenvalue weighted by molar-refractivity contribution is -0.274. The monoisotopic (exact) mass is 249 g/mol. The first-order valence-corrected chi connectivity index (χ1v) is 5.09. The fraction of sp³-hybridized carbons (Fsp3) is 0.455. The molecule has 3 nitrogen and oxygen atoms in total. The van der Waals surface area contributed by atoms with Gasteiger partial charge in [-0.05, 0) is 24.6 Å². The predicted molar refractivity (Wildman–Crippen MR) is 56.5 cm³/mol. The molecular formula is C11H14F3NO2. The van der Waals surface area contributed by atoms with Gasteiger partial charge in [0.1, 0.15) is 5.75 Å². The first-order chi connectivity index (χ1) is 7.90. The smallest absolute Gasteiger partial charge is 0.406 e. The Hall–Kier alpha value is -1.27. The third-order valence-corrected chi connectivity index (χ3v) is 2.06. The van der Waals surface area contributed by atoms with Gasteiger partial charge in [-0.1, -0.05) is 12.1 Å². The maximum absolute atomic E-state index is 12.0. The third kappa shape index (κ3) is 5.55. The number of ether oxygens (including phenoxy) is 1. The topological polar surface area (TPSA) is 41.5 Å². The minimum atomic E-state index is -4.68. The Bertz CT molecular complexity index is 355. The number of benzene rings is 1. The standard InChI is InChI=1S/C11H14F3NO2/c1-8(7-16)15-6-9-3-2-4-10(5-9)17-11(12,13)14/h2-5,8,15-16H,6-7H2,1H3/t8-/m1/s1. The van der Waals surface area contributed by atoms with E-state index in [1.165, 1.54) is 18.2 Å². The molecule has 96 valence electrons. The van der Waals surface area contributed by atoms with E-state index in [-0.39, 0.29) is 18.4 Å². The molecule has 17 heavy (non-hydrogen) atoms. The van der Waals surface area contributed by atoms with E-state index in [9.17, 15) is 13.2 Å². The number of nitrogens with one attached hydrogen (secondary N) is 1. The number of aliphatic hydroxyl groups is 1. The van der Waals surface area contributed by atoms with Gasteiger partial charge in [0.15, 0.2) is 0 Å². The number of aliphatic hydroxyl groups excluding tert-OH is 1. The van der Waals surface area contributed by atoms with E-state index < -0.39 is 6.36 Å². The van der Waals surface area contributed by atoms with Crippen LogP contribution in [0.3, 0.4) is 0 Å². The van der Waals surface area contributed by atoms with E-state index in [1.807, 2.05) is 0 Å². The van der Waals surface area contributed by atoms with Crippen molar-refractivity contribution in [2.45, 2.75) is 25.9 Å². The molecule has 0 fully saturated rings. The summed E-state index contributed by atoms with van der Waals surface area (Å²) in [6.07, 6.45) is -4.68. The molecule has 0 aliphatic heterocycles. The molecule has 0 radical (unpaired) electrons. The molecule has 6 heteroatoms. The van der Waals surface area contributed by atoms with Crippen molar-refractivity contribution in [3.8, 4) is 5.75 Å². The van der Waals surface area contributed by atoms with Crippen LogP contribution in [0.15, 0.2) is 24.3 Å². The lowest BCUT2D eigenvalue weighted by Gasteiger charge is -2.12. The molecule has 1 rings (SSSR count). The van der Waals surface area contributed by atoms with Crippen molar-refractivity contribution in [3.05, 3.63) is 29.8 Å². The quantitative estimate of drug-likeness (QED) is 0.839. The third-order valence-electron chi connectivity index (χ3n) is 2.06. The van der Waals surface area contributed by atoms with Gasteiger partial charge in [-0.2, -0.15) is 0 Å². The van der Waals surface area contributed by atoms with E-state index in [0.717, 1.165) is 0 Å². The van der Waals surface area contributed by atoms with Gasteiger partial charge in [-0.3, -0.25) is 0 Å². The Morgan fingerprint density at radius 2 is 2.12 bits per heavy atom. The van der Waals surface area contributed by atoms with E-state index in [1.54, 1.807) is 13.0 Å². The summed E-state index contributed by atoms with van der Waals surface area (Å²) in [6, 6.07) is 5.61. The Morgan fingerprint density at radius 3 is 2.71 bits per heavy atom. The molecular weight excluding hydrogens is 235 g/mol. The average Bonchev–Trinajstić information content (AvgIpc) is 2.24. The molecule has 0 unspecified atom stereocenters. The Morgan fingerprint density at radius 1 is 1.41 bits per heavy atom. The number of hydrogen-bond donors (Lipinski definition) is 2. The summed E-state index contributed by atoms with van der Waals surface area (Å²) in [4.78, 5) is 0.